The molecule has 1 amide bonds. The first-order valence-corrected chi connectivity index (χ1v) is 8.82. The van der Waals surface area contributed by atoms with Crippen LogP contribution < -0.4 is 5.32 Å². The first kappa shape index (κ1) is 17.0. The minimum absolute atomic E-state index is 0.176. The Bertz CT molecular complexity index is 498. The minimum Gasteiger partial charge on any atom is -0.445 e. The molecule has 0 aromatic heterocycles. The number of carbonyl (C=O) groups excluding carboxylic acids is 2. The summed E-state index contributed by atoms with van der Waals surface area (Å²) in [6, 6.07) is 9.54. The predicted octanol–water partition coefficient (Wildman–Crippen LogP) is 3.83. The Morgan fingerprint density at radius 2 is 1.82 bits per heavy atom. The van der Waals surface area contributed by atoms with Gasteiger partial charge in [0.25, 0.3) is 0 Å². The lowest BCUT2D eigenvalue weighted by molar-refractivity contribution is -0.127. The highest BCUT2D eigenvalue weighted by molar-refractivity contribution is 9.09. The molecule has 2 rings (SSSR count). The normalized spacial score (nSPS) is 16.8. The highest BCUT2D eigenvalue weighted by atomic mass is 79.9. The fourth-order valence-electron chi connectivity index (χ4n) is 2.94. The van der Waals surface area contributed by atoms with E-state index in [0.29, 0.717) is 11.9 Å². The number of rotatable bonds is 6. The lowest BCUT2D eigenvalue weighted by Gasteiger charge is -2.35. The molecule has 0 atom stereocenters. The molecule has 1 aromatic rings. The molecular weight excluding hydrogens is 346 g/mol. The van der Waals surface area contributed by atoms with Crippen molar-refractivity contribution in [2.24, 2.45) is 5.41 Å². The lowest BCUT2D eigenvalue weighted by atomic mass is 9.71. The van der Waals surface area contributed by atoms with Gasteiger partial charge in [-0.1, -0.05) is 65.5 Å². The molecule has 1 saturated carbocycles. The standard InChI is InChI=1S/C17H22BrNO3/c18-11-15(20)17(9-5-2-6-10-17)13-19-16(21)22-12-14-7-3-1-4-8-14/h1,3-4,7-8H,2,5-6,9-13H2,(H,19,21). The van der Waals surface area contributed by atoms with Crippen molar-refractivity contribution in [3.05, 3.63) is 35.9 Å². The summed E-state index contributed by atoms with van der Waals surface area (Å²) in [5, 5.41) is 3.12. The molecule has 1 fully saturated rings. The van der Waals surface area contributed by atoms with Crippen LogP contribution in [0.5, 0.6) is 0 Å². The van der Waals surface area contributed by atoms with Crippen LogP contribution in [-0.2, 0) is 16.1 Å². The number of Topliss-reactive ketones (excluding diaryl/α,β-unsaturated/α-hetero) is 1. The Hall–Kier alpha value is -1.36. The van der Waals surface area contributed by atoms with Crippen molar-refractivity contribution in [3.8, 4) is 0 Å². The minimum atomic E-state index is -0.462. The zero-order valence-electron chi connectivity index (χ0n) is 12.6. The lowest BCUT2D eigenvalue weighted by Crippen LogP contribution is -2.45. The topological polar surface area (TPSA) is 55.4 Å². The Balaban J connectivity index is 1.84. The van der Waals surface area contributed by atoms with Gasteiger partial charge in [-0.25, -0.2) is 4.79 Å². The molecule has 1 aliphatic rings. The average molecular weight is 368 g/mol. The second kappa shape index (κ2) is 8.32. The molecule has 4 nitrogen and oxygen atoms in total. The Morgan fingerprint density at radius 3 is 2.45 bits per heavy atom. The number of benzene rings is 1. The quantitative estimate of drug-likeness (QED) is 0.777. The van der Waals surface area contributed by atoms with Gasteiger partial charge < -0.3 is 10.1 Å². The van der Waals surface area contributed by atoms with Crippen LogP contribution in [0, 0.1) is 5.41 Å². The molecule has 0 unspecified atom stereocenters. The summed E-state index contributed by atoms with van der Waals surface area (Å²) in [5.41, 5.74) is 0.523. The number of hydrogen-bond donors (Lipinski definition) is 1. The van der Waals surface area contributed by atoms with Gasteiger partial charge in [0.1, 0.15) is 6.61 Å². The van der Waals surface area contributed by atoms with Crippen LogP contribution in [0.4, 0.5) is 4.79 Å². The molecule has 22 heavy (non-hydrogen) atoms. The number of carbonyl (C=O) groups is 2. The molecule has 0 heterocycles. The van der Waals surface area contributed by atoms with E-state index >= 15 is 0 Å². The zero-order chi connectivity index (χ0) is 15.8. The third-order valence-electron chi connectivity index (χ3n) is 4.31. The van der Waals surface area contributed by atoms with Crippen LogP contribution in [0.15, 0.2) is 30.3 Å². The number of amides is 1. The zero-order valence-corrected chi connectivity index (χ0v) is 14.2. The van der Waals surface area contributed by atoms with Gasteiger partial charge in [-0.2, -0.15) is 0 Å². The second-order valence-electron chi connectivity index (χ2n) is 5.81. The summed E-state index contributed by atoms with van der Waals surface area (Å²) in [6.45, 7) is 0.608. The maximum Gasteiger partial charge on any atom is 0.407 e. The van der Waals surface area contributed by atoms with E-state index in [1.807, 2.05) is 30.3 Å². The summed E-state index contributed by atoms with van der Waals surface area (Å²) in [6.07, 6.45) is 4.47. The van der Waals surface area contributed by atoms with E-state index < -0.39 is 11.5 Å². The number of hydrogen-bond acceptors (Lipinski definition) is 3. The first-order chi connectivity index (χ1) is 10.7. The van der Waals surface area contributed by atoms with Crippen molar-refractivity contribution in [1.82, 2.24) is 5.32 Å². The van der Waals surface area contributed by atoms with Crippen LogP contribution in [0.1, 0.15) is 37.7 Å². The van der Waals surface area contributed by atoms with Gasteiger partial charge in [0.05, 0.1) is 5.33 Å². The van der Waals surface area contributed by atoms with E-state index in [2.05, 4.69) is 21.2 Å². The molecule has 0 spiro atoms. The summed E-state index contributed by atoms with van der Waals surface area (Å²) in [7, 11) is 0. The van der Waals surface area contributed by atoms with Gasteiger partial charge >= 0.3 is 6.09 Å². The number of alkyl halides is 1. The molecule has 1 aliphatic carbocycles. The van der Waals surface area contributed by atoms with Crippen LogP contribution in [0.2, 0.25) is 0 Å². The van der Waals surface area contributed by atoms with Crippen molar-refractivity contribution in [3.63, 3.8) is 0 Å². The molecule has 5 heteroatoms. The monoisotopic (exact) mass is 367 g/mol. The number of ether oxygens (including phenoxy) is 1. The van der Waals surface area contributed by atoms with Gasteiger partial charge in [0.15, 0.2) is 5.78 Å². The van der Waals surface area contributed by atoms with E-state index in [-0.39, 0.29) is 12.4 Å². The number of halogens is 1. The fourth-order valence-corrected chi connectivity index (χ4v) is 3.53. The van der Waals surface area contributed by atoms with Gasteiger partial charge in [0.2, 0.25) is 0 Å². The molecule has 0 bridgehead atoms. The van der Waals surface area contributed by atoms with Crippen LogP contribution in [0.25, 0.3) is 0 Å². The van der Waals surface area contributed by atoms with Crippen molar-refractivity contribution in [1.29, 1.82) is 0 Å². The first-order valence-electron chi connectivity index (χ1n) is 7.70. The molecule has 120 valence electrons. The maximum absolute atomic E-state index is 12.2. The third-order valence-corrected chi connectivity index (χ3v) is 4.82. The summed E-state index contributed by atoms with van der Waals surface area (Å²) in [5.74, 6) is 0.176. The Labute approximate surface area is 139 Å². The van der Waals surface area contributed by atoms with E-state index in [4.69, 9.17) is 4.74 Å². The highest BCUT2D eigenvalue weighted by Gasteiger charge is 2.38. The molecule has 1 N–H and O–H groups in total. The van der Waals surface area contributed by atoms with E-state index in [0.717, 1.165) is 37.7 Å². The van der Waals surface area contributed by atoms with E-state index in [1.165, 1.54) is 0 Å². The number of alkyl carbamates (subject to hydrolysis) is 1. The van der Waals surface area contributed by atoms with E-state index in [9.17, 15) is 9.59 Å². The molecule has 0 aliphatic heterocycles. The summed E-state index contributed by atoms with van der Waals surface area (Å²) >= 11 is 3.26. The highest BCUT2D eigenvalue weighted by Crippen LogP contribution is 2.37. The van der Waals surface area contributed by atoms with Gasteiger partial charge in [-0.05, 0) is 18.4 Å². The van der Waals surface area contributed by atoms with E-state index in [1.54, 1.807) is 0 Å². The van der Waals surface area contributed by atoms with Gasteiger partial charge in [-0.15, -0.1) is 0 Å². The Kier molecular flexibility index (Phi) is 6.43. The smallest absolute Gasteiger partial charge is 0.407 e. The number of nitrogens with one attached hydrogen (secondary N) is 1. The molecule has 0 radical (unpaired) electrons. The fraction of sp³-hybridized carbons (Fsp3) is 0.529. The van der Waals surface area contributed by atoms with Crippen molar-refractivity contribution in [2.45, 2.75) is 38.7 Å². The Morgan fingerprint density at radius 1 is 1.14 bits per heavy atom. The van der Waals surface area contributed by atoms with Crippen molar-refractivity contribution in [2.75, 3.05) is 11.9 Å². The van der Waals surface area contributed by atoms with Crippen molar-refractivity contribution >= 4 is 27.8 Å². The molecule has 1 aromatic carbocycles. The predicted molar refractivity (Wildman–Crippen MR) is 88.9 cm³/mol. The second-order valence-corrected chi connectivity index (χ2v) is 6.37. The van der Waals surface area contributed by atoms with Crippen LogP contribution >= 0.6 is 15.9 Å². The van der Waals surface area contributed by atoms with Crippen LogP contribution in [-0.4, -0.2) is 23.8 Å². The third kappa shape index (κ3) is 4.57. The van der Waals surface area contributed by atoms with Gasteiger partial charge in [-0.3, -0.25) is 4.79 Å². The molecule has 0 saturated heterocycles. The van der Waals surface area contributed by atoms with Crippen molar-refractivity contribution < 1.29 is 14.3 Å². The van der Waals surface area contributed by atoms with Gasteiger partial charge in [0, 0.05) is 12.0 Å². The number of ketones is 1. The summed E-state index contributed by atoms with van der Waals surface area (Å²) < 4.78 is 5.20. The largest absolute Gasteiger partial charge is 0.445 e. The SMILES string of the molecule is O=C(NCC1(C(=O)CBr)CCCCC1)OCc1ccccc1. The summed E-state index contributed by atoms with van der Waals surface area (Å²) in [4.78, 5) is 24.1. The molecular formula is C17H22BrNO3. The average Bonchev–Trinajstić information content (AvgIpc) is 2.59. The maximum atomic E-state index is 12.2. The van der Waals surface area contributed by atoms with Crippen LogP contribution in [0.3, 0.4) is 0 Å².